The van der Waals surface area contributed by atoms with Gasteiger partial charge in [0.05, 0.1) is 5.92 Å². The van der Waals surface area contributed by atoms with Crippen LogP contribution in [0.25, 0.3) is 11.4 Å². The van der Waals surface area contributed by atoms with E-state index in [1.165, 1.54) is 5.57 Å². The van der Waals surface area contributed by atoms with Crippen molar-refractivity contribution in [2.75, 3.05) is 5.32 Å². The van der Waals surface area contributed by atoms with Crippen molar-refractivity contribution in [2.45, 2.75) is 34.6 Å². The highest BCUT2D eigenvalue weighted by Gasteiger charge is 2.60. The van der Waals surface area contributed by atoms with Crippen LogP contribution in [0.3, 0.4) is 0 Å². The summed E-state index contributed by atoms with van der Waals surface area (Å²) in [6.07, 6.45) is 3.97. The lowest BCUT2D eigenvalue weighted by atomic mass is 10.1. The van der Waals surface area contributed by atoms with Crippen LogP contribution in [0.5, 0.6) is 0 Å². The number of hydrogen-bond acceptors (Lipinski definition) is 3. The number of nitrogens with zero attached hydrogens (tertiary/aromatic N) is 2. The molecule has 1 amide bonds. The molecule has 0 radical (unpaired) electrons. The minimum atomic E-state index is 0.0245. The molecule has 2 aromatic rings. The molecule has 25 heavy (non-hydrogen) atoms. The van der Waals surface area contributed by atoms with Crippen molar-refractivity contribution >= 4 is 11.6 Å². The lowest BCUT2D eigenvalue weighted by Gasteiger charge is -2.07. The van der Waals surface area contributed by atoms with E-state index < -0.39 is 0 Å². The molecule has 0 bridgehead atoms. The topological polar surface area (TPSA) is 54.9 Å². The molecule has 1 heterocycles. The molecule has 1 saturated carbocycles. The smallest absolute Gasteiger partial charge is 0.228 e. The molecule has 3 rings (SSSR count). The Morgan fingerprint density at radius 1 is 1.16 bits per heavy atom. The lowest BCUT2D eigenvalue weighted by Crippen LogP contribution is -2.16. The van der Waals surface area contributed by atoms with Gasteiger partial charge in [-0.15, -0.1) is 0 Å². The quantitative estimate of drug-likeness (QED) is 0.829. The van der Waals surface area contributed by atoms with Gasteiger partial charge >= 0.3 is 0 Å². The summed E-state index contributed by atoms with van der Waals surface area (Å²) in [5.74, 6) is 1.14. The Labute approximate surface area is 149 Å². The van der Waals surface area contributed by atoms with Crippen LogP contribution in [0.1, 0.15) is 33.4 Å². The first-order chi connectivity index (χ1) is 11.8. The van der Waals surface area contributed by atoms with Crippen molar-refractivity contribution in [3.8, 4) is 11.4 Å². The molecule has 2 unspecified atom stereocenters. The van der Waals surface area contributed by atoms with Gasteiger partial charge in [0.15, 0.2) is 5.82 Å². The second-order valence-electron chi connectivity index (χ2n) is 7.66. The van der Waals surface area contributed by atoms with Gasteiger partial charge in [-0.05, 0) is 62.4 Å². The van der Waals surface area contributed by atoms with Gasteiger partial charge < -0.3 is 5.32 Å². The molecule has 1 aliphatic carbocycles. The van der Waals surface area contributed by atoms with Gasteiger partial charge in [-0.3, -0.25) is 4.79 Å². The molecule has 0 saturated heterocycles. The fourth-order valence-electron chi connectivity index (χ4n) is 3.36. The van der Waals surface area contributed by atoms with E-state index in [9.17, 15) is 4.79 Å². The van der Waals surface area contributed by atoms with Crippen LogP contribution in [-0.2, 0) is 4.79 Å². The third-order valence-electron chi connectivity index (χ3n) is 4.91. The number of benzene rings is 1. The number of carbonyl (C=O) groups is 1. The fraction of sp³-hybridized carbons (Fsp3) is 0.381. The number of hydrogen-bond donors (Lipinski definition) is 1. The van der Waals surface area contributed by atoms with E-state index in [-0.39, 0.29) is 17.2 Å². The van der Waals surface area contributed by atoms with Crippen molar-refractivity contribution in [3.63, 3.8) is 0 Å². The third-order valence-corrected chi connectivity index (χ3v) is 4.91. The molecular weight excluding hydrogens is 310 g/mol. The number of rotatable bonds is 4. The Balaban J connectivity index is 1.70. The minimum Gasteiger partial charge on any atom is -0.326 e. The summed E-state index contributed by atoms with van der Waals surface area (Å²) in [5.41, 5.74) is 3.96. The van der Waals surface area contributed by atoms with Crippen molar-refractivity contribution in [2.24, 2.45) is 17.3 Å². The van der Waals surface area contributed by atoms with E-state index in [1.54, 1.807) is 6.20 Å². The Morgan fingerprint density at radius 3 is 2.44 bits per heavy atom. The molecule has 1 fully saturated rings. The number of anilines is 1. The van der Waals surface area contributed by atoms with Crippen LogP contribution < -0.4 is 5.32 Å². The van der Waals surface area contributed by atoms with Gasteiger partial charge in [0.2, 0.25) is 5.91 Å². The summed E-state index contributed by atoms with van der Waals surface area (Å²) in [6, 6.07) is 9.57. The van der Waals surface area contributed by atoms with Crippen LogP contribution in [-0.4, -0.2) is 15.9 Å². The van der Waals surface area contributed by atoms with Crippen LogP contribution in [0.4, 0.5) is 5.69 Å². The summed E-state index contributed by atoms with van der Waals surface area (Å²) in [7, 11) is 0. The standard InChI is InChI=1S/C21H25N3O/c1-13(2)12-17-18(21(17,4)5)20(25)24-16-8-6-15(7-9-16)19-22-11-10-14(3)23-19/h6-12,17-18H,1-5H3,(H,24,25). The number of aromatic nitrogens is 2. The van der Waals surface area contributed by atoms with Gasteiger partial charge in [-0.2, -0.15) is 0 Å². The average Bonchev–Trinajstić information content (AvgIpc) is 3.08. The second kappa shape index (κ2) is 6.43. The molecule has 0 spiro atoms. The zero-order valence-corrected chi connectivity index (χ0v) is 15.5. The first-order valence-electron chi connectivity index (χ1n) is 8.65. The Kier molecular flexibility index (Phi) is 4.46. The van der Waals surface area contributed by atoms with Crippen molar-refractivity contribution in [3.05, 3.63) is 53.9 Å². The van der Waals surface area contributed by atoms with E-state index in [2.05, 4.69) is 49.1 Å². The number of allylic oxidation sites excluding steroid dienone is 2. The predicted molar refractivity (Wildman–Crippen MR) is 101 cm³/mol. The number of nitrogens with one attached hydrogen (secondary N) is 1. The molecular formula is C21H25N3O. The Bertz CT molecular complexity index is 817. The van der Waals surface area contributed by atoms with E-state index >= 15 is 0 Å². The SMILES string of the molecule is CC(C)=CC1C(C(=O)Nc2ccc(-c3nccc(C)n3)cc2)C1(C)C. The van der Waals surface area contributed by atoms with Gasteiger partial charge in [-0.1, -0.05) is 25.5 Å². The molecule has 4 heteroatoms. The van der Waals surface area contributed by atoms with E-state index in [0.717, 1.165) is 16.9 Å². The maximum Gasteiger partial charge on any atom is 0.228 e. The average molecular weight is 335 g/mol. The molecule has 130 valence electrons. The number of amides is 1. The predicted octanol–water partition coefficient (Wildman–Crippen LogP) is 4.63. The molecule has 1 aliphatic rings. The van der Waals surface area contributed by atoms with Gasteiger partial charge in [0, 0.05) is 23.1 Å². The molecule has 1 N–H and O–H groups in total. The van der Waals surface area contributed by atoms with E-state index in [1.807, 2.05) is 37.3 Å². The largest absolute Gasteiger partial charge is 0.326 e. The Morgan fingerprint density at radius 2 is 1.84 bits per heavy atom. The summed E-state index contributed by atoms with van der Waals surface area (Å²) in [6.45, 7) is 10.4. The summed E-state index contributed by atoms with van der Waals surface area (Å²) in [5, 5.41) is 3.04. The second-order valence-corrected chi connectivity index (χ2v) is 7.66. The molecule has 1 aromatic carbocycles. The van der Waals surface area contributed by atoms with E-state index in [4.69, 9.17) is 0 Å². The molecule has 0 aliphatic heterocycles. The minimum absolute atomic E-state index is 0.0245. The normalized spacial score (nSPS) is 20.7. The summed E-state index contributed by atoms with van der Waals surface area (Å²) < 4.78 is 0. The summed E-state index contributed by atoms with van der Waals surface area (Å²) >= 11 is 0. The molecule has 2 atom stereocenters. The highest BCUT2D eigenvalue weighted by molar-refractivity contribution is 5.96. The van der Waals surface area contributed by atoms with Crippen LogP contribution in [0.15, 0.2) is 48.2 Å². The monoisotopic (exact) mass is 335 g/mol. The zero-order chi connectivity index (χ0) is 18.2. The maximum absolute atomic E-state index is 12.6. The van der Waals surface area contributed by atoms with Crippen molar-refractivity contribution < 1.29 is 4.79 Å². The van der Waals surface area contributed by atoms with Crippen LogP contribution in [0.2, 0.25) is 0 Å². The van der Waals surface area contributed by atoms with Crippen LogP contribution >= 0.6 is 0 Å². The summed E-state index contributed by atoms with van der Waals surface area (Å²) in [4.78, 5) is 21.3. The lowest BCUT2D eigenvalue weighted by molar-refractivity contribution is -0.118. The first kappa shape index (κ1) is 17.3. The molecule has 1 aromatic heterocycles. The Hall–Kier alpha value is -2.49. The van der Waals surface area contributed by atoms with Gasteiger partial charge in [0.1, 0.15) is 0 Å². The van der Waals surface area contributed by atoms with Crippen molar-refractivity contribution in [1.29, 1.82) is 0 Å². The molecule has 4 nitrogen and oxygen atoms in total. The number of carbonyl (C=O) groups excluding carboxylic acids is 1. The van der Waals surface area contributed by atoms with Crippen LogP contribution in [0, 0.1) is 24.2 Å². The van der Waals surface area contributed by atoms with Gasteiger partial charge in [0.25, 0.3) is 0 Å². The maximum atomic E-state index is 12.6. The first-order valence-corrected chi connectivity index (χ1v) is 8.65. The third kappa shape index (κ3) is 3.63. The van der Waals surface area contributed by atoms with Gasteiger partial charge in [-0.25, -0.2) is 9.97 Å². The zero-order valence-electron chi connectivity index (χ0n) is 15.5. The van der Waals surface area contributed by atoms with Crippen molar-refractivity contribution in [1.82, 2.24) is 9.97 Å². The number of aryl methyl sites for hydroxylation is 1. The highest BCUT2D eigenvalue weighted by Crippen LogP contribution is 2.59. The van der Waals surface area contributed by atoms with E-state index in [0.29, 0.717) is 11.7 Å². The highest BCUT2D eigenvalue weighted by atomic mass is 16.2. The fourth-order valence-corrected chi connectivity index (χ4v) is 3.36.